The fourth-order valence-corrected chi connectivity index (χ4v) is 6.08. The molecule has 0 radical (unpaired) electrons. The quantitative estimate of drug-likeness (QED) is 0.293. The molecule has 2 amide bonds. The van der Waals surface area contributed by atoms with Crippen molar-refractivity contribution >= 4 is 22.7 Å². The third-order valence-corrected chi connectivity index (χ3v) is 8.27. The normalized spacial score (nSPS) is 14.5. The second-order valence-electron chi connectivity index (χ2n) is 11.6. The minimum Gasteiger partial charge on any atom is -0.493 e. The molecule has 2 N–H and O–H groups in total. The van der Waals surface area contributed by atoms with Gasteiger partial charge in [-0.3, -0.25) is 14.3 Å². The summed E-state index contributed by atoms with van der Waals surface area (Å²) in [4.78, 5) is 32.3. The first-order valence-corrected chi connectivity index (χ1v) is 15.4. The summed E-state index contributed by atoms with van der Waals surface area (Å²) in [6.07, 6.45) is 1.90. The fourth-order valence-electron chi connectivity index (χ4n) is 6.08. The Morgan fingerprint density at radius 2 is 1.91 bits per heavy atom. The second kappa shape index (κ2) is 13.3. The van der Waals surface area contributed by atoms with Gasteiger partial charge >= 0.3 is 0 Å². The van der Waals surface area contributed by atoms with Crippen molar-refractivity contribution in [3.8, 4) is 11.5 Å². The lowest BCUT2D eigenvalue weighted by molar-refractivity contribution is -0.121. The average Bonchev–Trinajstić information content (AvgIpc) is 3.54. The van der Waals surface area contributed by atoms with Crippen molar-refractivity contribution < 1.29 is 19.1 Å². The second-order valence-corrected chi connectivity index (χ2v) is 11.6. The molecule has 2 bridgehead atoms. The van der Waals surface area contributed by atoms with Crippen LogP contribution in [-0.2, 0) is 24.2 Å². The van der Waals surface area contributed by atoms with E-state index in [9.17, 15) is 9.59 Å². The van der Waals surface area contributed by atoms with Crippen molar-refractivity contribution in [2.24, 2.45) is 0 Å². The Bertz CT molecular complexity index is 1840. The number of rotatable bonds is 4. The van der Waals surface area contributed by atoms with E-state index in [1.165, 1.54) is 5.56 Å². The van der Waals surface area contributed by atoms with Crippen LogP contribution in [0.1, 0.15) is 50.6 Å². The van der Waals surface area contributed by atoms with E-state index in [1.807, 2.05) is 67.1 Å². The molecule has 232 valence electrons. The third-order valence-electron chi connectivity index (χ3n) is 8.27. The average molecular weight is 606 g/mol. The molecular weight excluding hydrogens is 566 g/mol. The summed E-state index contributed by atoms with van der Waals surface area (Å²) in [6.45, 7) is 5.69. The standard InChI is InChI=1S/C36H39N5O4/c1-24-18-25(2)41(39-24)22-27-8-6-9-28(19-27)36(43)40-16-7-17-45-34-21-26(12-13-33(34)44-3)20-32-30(14-15-37-35(42)23-40)29-10-4-5-11-31(29)38-32/h4-6,8-13,18-19,21,38H,7,14-17,20,22-23H2,1-3H3,(H,37,42). The molecule has 5 aromatic rings. The van der Waals surface area contributed by atoms with E-state index in [0.29, 0.717) is 62.6 Å². The van der Waals surface area contributed by atoms with E-state index in [2.05, 4.69) is 33.6 Å². The molecule has 0 unspecified atom stereocenters. The van der Waals surface area contributed by atoms with Gasteiger partial charge in [-0.05, 0) is 79.8 Å². The first kappa shape index (κ1) is 30.0. The van der Waals surface area contributed by atoms with Crippen molar-refractivity contribution in [3.63, 3.8) is 0 Å². The third kappa shape index (κ3) is 6.87. The van der Waals surface area contributed by atoms with Crippen molar-refractivity contribution in [1.82, 2.24) is 25.0 Å². The number of carbonyl (C=O) groups is 2. The number of nitrogens with zero attached hydrogens (tertiary/aromatic N) is 3. The zero-order valence-corrected chi connectivity index (χ0v) is 26.1. The van der Waals surface area contributed by atoms with Crippen LogP contribution in [0.5, 0.6) is 11.5 Å². The molecule has 0 atom stereocenters. The molecule has 3 heterocycles. The number of hydrogen-bond acceptors (Lipinski definition) is 5. The summed E-state index contributed by atoms with van der Waals surface area (Å²) in [5.41, 5.74) is 7.94. The lowest BCUT2D eigenvalue weighted by Gasteiger charge is -2.23. The molecule has 0 spiro atoms. The van der Waals surface area contributed by atoms with Crippen LogP contribution in [0.25, 0.3) is 10.9 Å². The van der Waals surface area contributed by atoms with Gasteiger partial charge < -0.3 is 24.7 Å². The van der Waals surface area contributed by atoms with Crippen molar-refractivity contribution in [3.05, 3.63) is 112 Å². The van der Waals surface area contributed by atoms with E-state index >= 15 is 0 Å². The Morgan fingerprint density at radius 3 is 2.73 bits per heavy atom. The highest BCUT2D eigenvalue weighted by Gasteiger charge is 2.21. The summed E-state index contributed by atoms with van der Waals surface area (Å²) < 4.78 is 13.7. The molecule has 0 aliphatic carbocycles. The number of amides is 2. The number of ether oxygens (including phenoxy) is 2. The van der Waals surface area contributed by atoms with E-state index in [0.717, 1.165) is 39.1 Å². The Hall–Kier alpha value is -5.05. The molecule has 0 saturated heterocycles. The summed E-state index contributed by atoms with van der Waals surface area (Å²) >= 11 is 0. The Labute approximate surface area is 263 Å². The number of carbonyl (C=O) groups excluding carboxylic acids is 2. The summed E-state index contributed by atoms with van der Waals surface area (Å²) in [6, 6.07) is 23.8. The molecule has 1 aliphatic heterocycles. The first-order chi connectivity index (χ1) is 21.9. The van der Waals surface area contributed by atoms with Crippen LogP contribution in [0.3, 0.4) is 0 Å². The van der Waals surface area contributed by atoms with Gasteiger partial charge in [-0.1, -0.05) is 36.4 Å². The van der Waals surface area contributed by atoms with E-state index in [4.69, 9.17) is 9.47 Å². The molecule has 0 saturated carbocycles. The number of para-hydroxylation sites is 1. The van der Waals surface area contributed by atoms with Crippen LogP contribution in [0, 0.1) is 13.8 Å². The Morgan fingerprint density at radius 1 is 1.04 bits per heavy atom. The largest absolute Gasteiger partial charge is 0.493 e. The Kier molecular flexibility index (Phi) is 8.86. The van der Waals surface area contributed by atoms with Gasteiger partial charge in [0.1, 0.15) is 0 Å². The van der Waals surface area contributed by atoms with Crippen molar-refractivity contribution in [2.45, 2.75) is 39.7 Å². The molecule has 0 fully saturated rings. The molecular formula is C36H39N5O4. The van der Waals surface area contributed by atoms with E-state index < -0.39 is 0 Å². The number of aromatic nitrogens is 3. The van der Waals surface area contributed by atoms with Crippen LogP contribution in [0.15, 0.2) is 72.8 Å². The molecule has 3 aromatic carbocycles. The van der Waals surface area contributed by atoms with Gasteiger partial charge in [-0.15, -0.1) is 0 Å². The van der Waals surface area contributed by atoms with Crippen LogP contribution in [0.4, 0.5) is 0 Å². The molecule has 1 aliphatic rings. The Balaban J connectivity index is 1.25. The van der Waals surface area contributed by atoms with Crippen LogP contribution >= 0.6 is 0 Å². The monoisotopic (exact) mass is 605 g/mol. The predicted molar refractivity (Wildman–Crippen MR) is 174 cm³/mol. The molecule has 9 heteroatoms. The fraction of sp³-hybridized carbons (Fsp3) is 0.306. The highest BCUT2D eigenvalue weighted by Crippen LogP contribution is 2.31. The molecule has 6 rings (SSSR count). The van der Waals surface area contributed by atoms with Gasteiger partial charge in [-0.2, -0.15) is 5.10 Å². The maximum absolute atomic E-state index is 13.8. The summed E-state index contributed by atoms with van der Waals surface area (Å²) in [5, 5.41) is 8.76. The number of aryl methyl sites for hydroxylation is 2. The molecule has 45 heavy (non-hydrogen) atoms. The van der Waals surface area contributed by atoms with Gasteiger partial charge in [0.2, 0.25) is 5.91 Å². The smallest absolute Gasteiger partial charge is 0.254 e. The zero-order chi connectivity index (χ0) is 31.3. The lowest BCUT2D eigenvalue weighted by Crippen LogP contribution is -2.42. The summed E-state index contributed by atoms with van der Waals surface area (Å²) in [5.74, 6) is 0.930. The number of nitrogens with one attached hydrogen (secondary N) is 2. The van der Waals surface area contributed by atoms with Gasteiger partial charge in [0.25, 0.3) is 5.91 Å². The zero-order valence-electron chi connectivity index (χ0n) is 26.1. The van der Waals surface area contributed by atoms with Gasteiger partial charge in [-0.25, -0.2) is 0 Å². The molecule has 9 nitrogen and oxygen atoms in total. The topological polar surface area (TPSA) is 101 Å². The number of aromatic amines is 1. The number of methoxy groups -OCH3 is 1. The van der Waals surface area contributed by atoms with Crippen molar-refractivity contribution in [1.29, 1.82) is 0 Å². The number of hydrogen-bond donors (Lipinski definition) is 2. The maximum Gasteiger partial charge on any atom is 0.254 e. The highest BCUT2D eigenvalue weighted by molar-refractivity contribution is 5.96. The van der Waals surface area contributed by atoms with Crippen LogP contribution in [0.2, 0.25) is 0 Å². The first-order valence-electron chi connectivity index (χ1n) is 15.4. The van der Waals surface area contributed by atoms with Crippen LogP contribution in [-0.4, -0.2) is 64.8 Å². The van der Waals surface area contributed by atoms with E-state index in [1.54, 1.807) is 18.1 Å². The maximum atomic E-state index is 13.8. The SMILES string of the molecule is COc1ccc2cc1OCCCN(C(=O)c1cccc(Cn3nc(C)cc3C)c1)CC(=O)NCCc1c([nH]c3ccccc13)C2. The van der Waals surface area contributed by atoms with Gasteiger partial charge in [0.05, 0.1) is 32.5 Å². The number of H-pyrrole nitrogens is 1. The van der Waals surface area contributed by atoms with Crippen LogP contribution < -0.4 is 14.8 Å². The van der Waals surface area contributed by atoms with Gasteiger partial charge in [0.15, 0.2) is 11.5 Å². The number of benzene rings is 3. The van der Waals surface area contributed by atoms with E-state index in [-0.39, 0.29) is 18.4 Å². The van der Waals surface area contributed by atoms with Crippen molar-refractivity contribution in [2.75, 3.05) is 33.4 Å². The lowest BCUT2D eigenvalue weighted by atomic mass is 10.0. The highest BCUT2D eigenvalue weighted by atomic mass is 16.5. The van der Waals surface area contributed by atoms with Gasteiger partial charge in [0, 0.05) is 47.4 Å². The number of fused-ring (bicyclic) bond motifs is 5. The predicted octanol–water partition coefficient (Wildman–Crippen LogP) is 5.21. The minimum absolute atomic E-state index is 0.0416. The molecule has 2 aromatic heterocycles. The summed E-state index contributed by atoms with van der Waals surface area (Å²) in [7, 11) is 1.63. The minimum atomic E-state index is -0.194.